The van der Waals surface area contributed by atoms with Crippen LogP contribution in [0.1, 0.15) is 11.1 Å². The van der Waals surface area contributed by atoms with E-state index in [1.807, 2.05) is 0 Å². The molecule has 0 aliphatic carbocycles. The Morgan fingerprint density at radius 2 is 1.86 bits per heavy atom. The van der Waals surface area contributed by atoms with Gasteiger partial charge in [0, 0.05) is 11.6 Å². The normalized spacial score (nSPS) is 11.2. The minimum atomic E-state index is -4.06. The lowest BCUT2D eigenvalue weighted by Crippen LogP contribution is -2.15. The molecule has 0 fully saturated rings. The summed E-state index contributed by atoms with van der Waals surface area (Å²) in [6, 6.07) is 7.48. The Balaban J connectivity index is 2.50. The summed E-state index contributed by atoms with van der Waals surface area (Å²) in [5.74, 6) is -0.584. The lowest BCUT2D eigenvalue weighted by molar-refractivity contribution is -0.385. The van der Waals surface area contributed by atoms with Crippen molar-refractivity contribution in [2.45, 2.75) is 18.7 Å². The summed E-state index contributed by atoms with van der Waals surface area (Å²) in [5.41, 5.74) is 0.354. The third-order valence-electron chi connectivity index (χ3n) is 3.19. The van der Waals surface area contributed by atoms with Gasteiger partial charge < -0.3 is 0 Å². The number of benzene rings is 2. The number of nitrogens with zero attached hydrogens (tertiary/aromatic N) is 1. The van der Waals surface area contributed by atoms with Gasteiger partial charge >= 0.3 is 0 Å². The Morgan fingerprint density at radius 1 is 1.18 bits per heavy atom. The number of anilines is 1. The predicted octanol–water partition coefficient (Wildman–Crippen LogP) is 3.15. The van der Waals surface area contributed by atoms with E-state index in [0.717, 1.165) is 6.07 Å². The second kappa shape index (κ2) is 5.72. The Morgan fingerprint density at radius 3 is 2.50 bits per heavy atom. The van der Waals surface area contributed by atoms with E-state index >= 15 is 0 Å². The number of aryl methyl sites for hydroxylation is 1. The number of hydrogen-bond acceptors (Lipinski definition) is 4. The molecule has 0 aliphatic rings. The van der Waals surface area contributed by atoms with E-state index in [2.05, 4.69) is 4.72 Å². The van der Waals surface area contributed by atoms with Crippen molar-refractivity contribution in [2.75, 3.05) is 4.72 Å². The topological polar surface area (TPSA) is 89.3 Å². The van der Waals surface area contributed by atoms with Gasteiger partial charge in [-0.05, 0) is 37.6 Å². The van der Waals surface area contributed by atoms with Crippen molar-refractivity contribution in [3.05, 3.63) is 63.5 Å². The molecule has 0 radical (unpaired) electrons. The van der Waals surface area contributed by atoms with E-state index in [9.17, 15) is 22.9 Å². The van der Waals surface area contributed by atoms with Crippen LogP contribution < -0.4 is 4.72 Å². The van der Waals surface area contributed by atoms with Gasteiger partial charge in [0.05, 0.1) is 15.5 Å². The minimum Gasteiger partial charge on any atom is -0.279 e. The van der Waals surface area contributed by atoms with Gasteiger partial charge in [0.1, 0.15) is 5.82 Å². The van der Waals surface area contributed by atoms with E-state index in [4.69, 9.17) is 0 Å². The fraction of sp³-hybridized carbons (Fsp3) is 0.143. The lowest BCUT2D eigenvalue weighted by Gasteiger charge is -2.12. The average Bonchev–Trinajstić information content (AvgIpc) is 2.42. The molecule has 0 spiro atoms. The van der Waals surface area contributed by atoms with Gasteiger partial charge in [-0.1, -0.05) is 12.1 Å². The van der Waals surface area contributed by atoms with Gasteiger partial charge in [0.15, 0.2) is 0 Å². The molecule has 2 rings (SSSR count). The van der Waals surface area contributed by atoms with Crippen LogP contribution in [0.5, 0.6) is 0 Å². The number of rotatable bonds is 4. The molecule has 0 saturated heterocycles. The molecule has 116 valence electrons. The van der Waals surface area contributed by atoms with Crippen LogP contribution in [0, 0.1) is 29.8 Å². The second-order valence-electron chi connectivity index (χ2n) is 4.72. The third kappa shape index (κ3) is 3.06. The number of nitrogens with one attached hydrogen (secondary N) is 1. The first-order valence-corrected chi connectivity index (χ1v) is 7.73. The van der Waals surface area contributed by atoms with Gasteiger partial charge in [-0.2, -0.15) is 0 Å². The molecule has 0 bridgehead atoms. The van der Waals surface area contributed by atoms with Crippen LogP contribution in [0.15, 0.2) is 41.3 Å². The van der Waals surface area contributed by atoms with Crippen molar-refractivity contribution in [2.24, 2.45) is 0 Å². The molecular weight excluding hydrogens is 311 g/mol. The van der Waals surface area contributed by atoms with Crippen LogP contribution in [-0.2, 0) is 10.0 Å². The summed E-state index contributed by atoms with van der Waals surface area (Å²) in [6.07, 6.45) is 0. The van der Waals surface area contributed by atoms with Gasteiger partial charge in [0.2, 0.25) is 0 Å². The highest BCUT2D eigenvalue weighted by atomic mass is 32.2. The van der Waals surface area contributed by atoms with Crippen LogP contribution in [0.4, 0.5) is 15.8 Å². The van der Waals surface area contributed by atoms with Crippen LogP contribution in [0.25, 0.3) is 0 Å². The van der Waals surface area contributed by atoms with Gasteiger partial charge in [-0.3, -0.25) is 14.8 Å². The van der Waals surface area contributed by atoms with Crippen molar-refractivity contribution < 1.29 is 17.7 Å². The van der Waals surface area contributed by atoms with E-state index in [1.165, 1.54) is 37.3 Å². The van der Waals surface area contributed by atoms with Crippen LogP contribution in [-0.4, -0.2) is 13.3 Å². The quantitative estimate of drug-likeness (QED) is 0.691. The largest absolute Gasteiger partial charge is 0.279 e. The van der Waals surface area contributed by atoms with E-state index in [0.29, 0.717) is 5.56 Å². The average molecular weight is 324 g/mol. The minimum absolute atomic E-state index is 0.0223. The highest BCUT2D eigenvalue weighted by Crippen LogP contribution is 2.27. The molecule has 0 aliphatic heterocycles. The zero-order chi connectivity index (χ0) is 16.5. The fourth-order valence-corrected chi connectivity index (χ4v) is 3.38. The molecule has 0 saturated carbocycles. The maximum atomic E-state index is 13.2. The van der Waals surface area contributed by atoms with Gasteiger partial charge in [-0.25, -0.2) is 12.8 Å². The molecule has 0 unspecified atom stereocenters. The van der Waals surface area contributed by atoms with Crippen LogP contribution in [0.2, 0.25) is 0 Å². The van der Waals surface area contributed by atoms with E-state index in [-0.39, 0.29) is 21.8 Å². The van der Waals surface area contributed by atoms with Crippen molar-refractivity contribution >= 4 is 21.4 Å². The van der Waals surface area contributed by atoms with E-state index < -0.39 is 20.8 Å². The highest BCUT2D eigenvalue weighted by molar-refractivity contribution is 7.92. The molecule has 2 aromatic rings. The lowest BCUT2D eigenvalue weighted by atomic mass is 10.2. The summed E-state index contributed by atoms with van der Waals surface area (Å²) >= 11 is 0. The number of hydrogen-bond donors (Lipinski definition) is 1. The molecule has 2 aromatic carbocycles. The maximum absolute atomic E-state index is 13.2. The van der Waals surface area contributed by atoms with Gasteiger partial charge in [0.25, 0.3) is 15.7 Å². The molecule has 8 heteroatoms. The van der Waals surface area contributed by atoms with Crippen LogP contribution >= 0.6 is 0 Å². The Kier molecular flexibility index (Phi) is 4.14. The molecule has 0 amide bonds. The van der Waals surface area contributed by atoms with E-state index in [1.54, 1.807) is 6.92 Å². The smallest absolute Gasteiger partial charge is 0.273 e. The molecule has 22 heavy (non-hydrogen) atoms. The van der Waals surface area contributed by atoms with Gasteiger partial charge in [-0.15, -0.1) is 0 Å². The number of halogens is 1. The Bertz CT molecular complexity index is 850. The molecule has 0 heterocycles. The summed E-state index contributed by atoms with van der Waals surface area (Å²) in [7, 11) is -4.06. The number of nitro benzene ring substituents is 1. The zero-order valence-corrected chi connectivity index (χ0v) is 12.6. The summed E-state index contributed by atoms with van der Waals surface area (Å²) in [5, 5.41) is 10.9. The Hall–Kier alpha value is -2.48. The van der Waals surface area contributed by atoms with Crippen molar-refractivity contribution in [1.29, 1.82) is 0 Å². The number of sulfonamides is 1. The van der Waals surface area contributed by atoms with Crippen molar-refractivity contribution in [3.63, 3.8) is 0 Å². The summed E-state index contributed by atoms with van der Waals surface area (Å²) in [6.45, 7) is 2.97. The molecule has 6 nitrogen and oxygen atoms in total. The van der Waals surface area contributed by atoms with Crippen molar-refractivity contribution in [3.8, 4) is 0 Å². The predicted molar refractivity (Wildman–Crippen MR) is 79.8 cm³/mol. The molecular formula is C14H13FN2O4S. The third-order valence-corrected chi connectivity index (χ3v) is 4.70. The first-order valence-electron chi connectivity index (χ1n) is 6.25. The standard InChI is InChI=1S/C14H13FN2O4S/c1-9-6-7-11(15)8-12(9)16-22(20,21)14-5-3-4-13(10(14)2)17(18)19/h3-8,16H,1-2H3. The zero-order valence-electron chi connectivity index (χ0n) is 11.8. The molecule has 0 atom stereocenters. The Labute approximate surface area is 126 Å². The first-order chi connectivity index (χ1) is 10.2. The fourth-order valence-electron chi connectivity index (χ4n) is 2.00. The molecule has 0 aromatic heterocycles. The molecule has 1 N–H and O–H groups in total. The maximum Gasteiger partial charge on any atom is 0.273 e. The second-order valence-corrected chi connectivity index (χ2v) is 6.37. The van der Waals surface area contributed by atoms with Crippen molar-refractivity contribution in [1.82, 2.24) is 0 Å². The summed E-state index contributed by atoms with van der Waals surface area (Å²) in [4.78, 5) is 10.0. The monoisotopic (exact) mass is 324 g/mol. The first kappa shape index (κ1) is 15.9. The van der Waals surface area contributed by atoms with Crippen LogP contribution in [0.3, 0.4) is 0 Å². The summed E-state index contributed by atoms with van der Waals surface area (Å²) < 4.78 is 40.3. The highest BCUT2D eigenvalue weighted by Gasteiger charge is 2.23. The SMILES string of the molecule is Cc1ccc(F)cc1NS(=O)(=O)c1cccc([N+](=O)[O-])c1C. The number of nitro groups is 1.